The largest absolute Gasteiger partial charge is 0.483 e. The van der Waals surface area contributed by atoms with E-state index >= 15 is 0 Å². The van der Waals surface area contributed by atoms with Crippen LogP contribution in [0.5, 0.6) is 5.75 Å². The van der Waals surface area contributed by atoms with Gasteiger partial charge in [0.15, 0.2) is 12.3 Å². The molecule has 0 aliphatic rings. The molecule has 1 aromatic heterocycles. The Morgan fingerprint density at radius 3 is 2.42 bits per heavy atom. The highest BCUT2D eigenvalue weighted by molar-refractivity contribution is 5.96. The van der Waals surface area contributed by atoms with Gasteiger partial charge in [0.05, 0.1) is 0 Å². The van der Waals surface area contributed by atoms with Gasteiger partial charge in [0, 0.05) is 18.7 Å². The van der Waals surface area contributed by atoms with E-state index in [1.165, 1.54) is 9.47 Å². The molecule has 33 heavy (non-hydrogen) atoms. The molecule has 3 rings (SSSR count). The van der Waals surface area contributed by atoms with Crippen molar-refractivity contribution in [3.63, 3.8) is 0 Å². The van der Waals surface area contributed by atoms with Crippen LogP contribution < -0.4 is 26.6 Å². The van der Waals surface area contributed by atoms with Crippen molar-refractivity contribution in [2.24, 2.45) is 0 Å². The molecule has 1 heterocycles. The first-order chi connectivity index (χ1) is 16.0. The number of carbonyl (C=O) groups is 1. The van der Waals surface area contributed by atoms with Crippen molar-refractivity contribution in [2.45, 2.75) is 39.7 Å². The highest BCUT2D eigenvalue weighted by atomic mass is 16.5. The second kappa shape index (κ2) is 11.2. The summed E-state index contributed by atoms with van der Waals surface area (Å²) < 4.78 is 7.19. The van der Waals surface area contributed by atoms with Gasteiger partial charge in [-0.25, -0.2) is 4.79 Å². The molecule has 8 nitrogen and oxygen atoms in total. The minimum atomic E-state index is -0.681. The number of hydrogen-bond donors (Lipinski definition) is 2. The summed E-state index contributed by atoms with van der Waals surface area (Å²) in [6.45, 7) is 4.23. The van der Waals surface area contributed by atoms with Crippen LogP contribution in [-0.4, -0.2) is 28.6 Å². The molecular weight excluding hydrogens is 420 g/mol. The van der Waals surface area contributed by atoms with E-state index < -0.39 is 17.2 Å². The number of aromatic nitrogens is 2. The number of benzene rings is 2. The number of carbonyl (C=O) groups excluding carboxylic acids is 1. The van der Waals surface area contributed by atoms with Gasteiger partial charge in [0.1, 0.15) is 11.6 Å². The van der Waals surface area contributed by atoms with Crippen LogP contribution in [0, 0.1) is 0 Å². The van der Waals surface area contributed by atoms with Gasteiger partial charge in [-0.05, 0) is 24.5 Å². The Morgan fingerprint density at radius 2 is 1.73 bits per heavy atom. The van der Waals surface area contributed by atoms with E-state index in [4.69, 9.17) is 10.5 Å². The minimum Gasteiger partial charge on any atom is -0.483 e. The molecule has 0 spiro atoms. The van der Waals surface area contributed by atoms with E-state index in [0.717, 1.165) is 17.5 Å². The highest BCUT2D eigenvalue weighted by Gasteiger charge is 2.24. The molecular formula is C25H30N4O4. The first kappa shape index (κ1) is 23.8. The number of rotatable bonds is 10. The Bertz CT molecular complexity index is 1200. The lowest BCUT2D eigenvalue weighted by atomic mass is 10.1. The molecule has 0 fully saturated rings. The van der Waals surface area contributed by atoms with Gasteiger partial charge in [0.2, 0.25) is 0 Å². The third kappa shape index (κ3) is 5.52. The van der Waals surface area contributed by atoms with Crippen LogP contribution in [0.4, 0.5) is 11.5 Å². The van der Waals surface area contributed by atoms with Gasteiger partial charge in [0.25, 0.3) is 11.5 Å². The van der Waals surface area contributed by atoms with E-state index in [-0.39, 0.29) is 24.7 Å². The molecule has 2 aromatic carbocycles. The Labute approximate surface area is 192 Å². The normalized spacial score (nSPS) is 10.7. The predicted molar refractivity (Wildman–Crippen MR) is 131 cm³/mol. The van der Waals surface area contributed by atoms with Crippen molar-refractivity contribution in [1.29, 1.82) is 0 Å². The fraction of sp³-hybridized carbons (Fsp3) is 0.320. The molecule has 0 bridgehead atoms. The molecule has 0 atom stereocenters. The topological polar surface area (TPSA) is 110 Å². The molecule has 0 radical (unpaired) electrons. The molecule has 0 aliphatic carbocycles. The molecule has 174 valence electrons. The standard InChI is InChI=1S/C25H30N4O4/c1-3-5-16-28(22-23(26)29(15-4-2)25(32)27-24(22)31)21(30)17-33-20-14-10-9-13-19(20)18-11-7-6-8-12-18/h6-14H,3-5,15-17,26H2,1-2H3,(H,27,31,32). The third-order valence-electron chi connectivity index (χ3n) is 5.29. The summed E-state index contributed by atoms with van der Waals surface area (Å²) in [5, 5.41) is 0. The van der Waals surface area contributed by atoms with Crippen LogP contribution in [0.1, 0.15) is 33.1 Å². The molecule has 1 amide bonds. The monoisotopic (exact) mass is 450 g/mol. The van der Waals surface area contributed by atoms with Gasteiger partial charge in [-0.1, -0.05) is 68.8 Å². The van der Waals surface area contributed by atoms with Crippen molar-refractivity contribution < 1.29 is 9.53 Å². The van der Waals surface area contributed by atoms with Gasteiger partial charge in [-0.2, -0.15) is 0 Å². The fourth-order valence-corrected chi connectivity index (χ4v) is 3.63. The number of unbranched alkanes of at least 4 members (excludes halogenated alkanes) is 1. The average molecular weight is 451 g/mol. The van der Waals surface area contributed by atoms with Gasteiger partial charge in [-0.3, -0.25) is 19.1 Å². The number of aromatic amines is 1. The van der Waals surface area contributed by atoms with Crippen molar-refractivity contribution >= 4 is 17.4 Å². The van der Waals surface area contributed by atoms with E-state index in [0.29, 0.717) is 25.1 Å². The van der Waals surface area contributed by atoms with Crippen molar-refractivity contribution in [1.82, 2.24) is 9.55 Å². The molecule has 8 heteroatoms. The first-order valence-electron chi connectivity index (χ1n) is 11.2. The Morgan fingerprint density at radius 1 is 1.03 bits per heavy atom. The van der Waals surface area contributed by atoms with E-state index in [2.05, 4.69) is 4.98 Å². The van der Waals surface area contributed by atoms with E-state index in [9.17, 15) is 14.4 Å². The van der Waals surface area contributed by atoms with Crippen LogP contribution in [0.15, 0.2) is 64.2 Å². The van der Waals surface area contributed by atoms with Crippen LogP contribution >= 0.6 is 0 Å². The zero-order valence-electron chi connectivity index (χ0n) is 19.0. The number of nitrogen functional groups attached to an aromatic ring is 1. The summed E-state index contributed by atoms with van der Waals surface area (Å²) in [5.41, 5.74) is 6.75. The average Bonchev–Trinajstić information content (AvgIpc) is 2.83. The maximum atomic E-state index is 13.2. The zero-order valence-corrected chi connectivity index (χ0v) is 19.0. The molecule has 0 saturated carbocycles. The molecule has 3 aromatic rings. The number of nitrogens with two attached hydrogens (primary N) is 1. The van der Waals surface area contributed by atoms with Gasteiger partial charge < -0.3 is 15.4 Å². The lowest BCUT2D eigenvalue weighted by Gasteiger charge is -2.24. The molecule has 0 aliphatic heterocycles. The van der Waals surface area contributed by atoms with Crippen LogP contribution in [-0.2, 0) is 11.3 Å². The Balaban J connectivity index is 1.91. The number of nitrogens with zero attached hydrogens (tertiary/aromatic N) is 2. The van der Waals surface area contributed by atoms with E-state index in [1.54, 1.807) is 6.07 Å². The second-order valence-electron chi connectivity index (χ2n) is 7.69. The smallest absolute Gasteiger partial charge is 0.330 e. The predicted octanol–water partition coefficient (Wildman–Crippen LogP) is 3.41. The summed E-state index contributed by atoms with van der Waals surface area (Å²) in [6.07, 6.45) is 2.13. The maximum Gasteiger partial charge on any atom is 0.330 e. The summed E-state index contributed by atoms with van der Waals surface area (Å²) in [5.74, 6) is 0.135. The van der Waals surface area contributed by atoms with Crippen molar-refractivity contribution in [3.8, 4) is 16.9 Å². The van der Waals surface area contributed by atoms with Gasteiger partial charge >= 0.3 is 5.69 Å². The summed E-state index contributed by atoms with van der Waals surface area (Å²) in [6, 6.07) is 17.2. The summed E-state index contributed by atoms with van der Waals surface area (Å²) in [4.78, 5) is 41.7. The number of anilines is 2. The van der Waals surface area contributed by atoms with Gasteiger partial charge in [-0.15, -0.1) is 0 Å². The molecule has 0 unspecified atom stereocenters. The van der Waals surface area contributed by atoms with Crippen LogP contribution in [0.3, 0.4) is 0 Å². The SMILES string of the molecule is CCCCN(C(=O)COc1ccccc1-c1ccccc1)c1c(N)n(CCC)c(=O)[nH]c1=O. The second-order valence-corrected chi connectivity index (χ2v) is 7.69. The molecule has 3 N–H and O–H groups in total. The maximum absolute atomic E-state index is 13.2. The lowest BCUT2D eigenvalue weighted by molar-refractivity contribution is -0.120. The number of para-hydroxylation sites is 1. The minimum absolute atomic E-state index is 0.0126. The zero-order chi connectivity index (χ0) is 23.8. The first-order valence-corrected chi connectivity index (χ1v) is 11.2. The number of hydrogen-bond acceptors (Lipinski definition) is 5. The van der Waals surface area contributed by atoms with Crippen LogP contribution in [0.2, 0.25) is 0 Å². The van der Waals surface area contributed by atoms with E-state index in [1.807, 2.05) is 62.4 Å². The Hall–Kier alpha value is -3.81. The fourth-order valence-electron chi connectivity index (χ4n) is 3.63. The Kier molecular flexibility index (Phi) is 8.07. The molecule has 0 saturated heterocycles. The summed E-state index contributed by atoms with van der Waals surface area (Å²) >= 11 is 0. The van der Waals surface area contributed by atoms with Crippen molar-refractivity contribution in [3.05, 3.63) is 75.4 Å². The third-order valence-corrected chi connectivity index (χ3v) is 5.29. The summed E-state index contributed by atoms with van der Waals surface area (Å²) in [7, 11) is 0. The number of ether oxygens (including phenoxy) is 1. The highest BCUT2D eigenvalue weighted by Crippen LogP contribution is 2.29. The number of nitrogens with one attached hydrogen (secondary N) is 1. The number of amides is 1. The lowest BCUT2D eigenvalue weighted by Crippen LogP contribution is -2.43. The van der Waals surface area contributed by atoms with Crippen LogP contribution in [0.25, 0.3) is 11.1 Å². The number of H-pyrrole nitrogens is 1. The quantitative estimate of drug-likeness (QED) is 0.492. The van der Waals surface area contributed by atoms with Crippen molar-refractivity contribution in [2.75, 3.05) is 23.8 Å².